The van der Waals surface area contributed by atoms with Gasteiger partial charge in [0.05, 0.1) is 16.5 Å². The number of hydrogen-bond donors (Lipinski definition) is 2. The molecule has 26 heavy (non-hydrogen) atoms. The van der Waals surface area contributed by atoms with Gasteiger partial charge in [-0.05, 0) is 36.8 Å². The van der Waals surface area contributed by atoms with Crippen LogP contribution in [0, 0.1) is 6.92 Å². The Morgan fingerprint density at radius 2 is 1.69 bits per heavy atom. The number of esters is 1. The Morgan fingerprint density at radius 1 is 1.00 bits per heavy atom. The molecular formula is C19H16O7. The molecule has 0 aliphatic heterocycles. The van der Waals surface area contributed by atoms with Crippen LogP contribution in [0.3, 0.4) is 0 Å². The van der Waals surface area contributed by atoms with Crippen molar-refractivity contribution in [3.8, 4) is 5.75 Å². The van der Waals surface area contributed by atoms with Gasteiger partial charge >= 0.3 is 17.9 Å². The van der Waals surface area contributed by atoms with E-state index in [-0.39, 0.29) is 17.1 Å². The Hall–Kier alpha value is -3.61. The molecule has 0 spiro atoms. The first-order valence-electron chi connectivity index (χ1n) is 7.51. The maximum absolute atomic E-state index is 10.7. The van der Waals surface area contributed by atoms with E-state index in [1.807, 2.05) is 24.3 Å². The second-order valence-electron chi connectivity index (χ2n) is 5.33. The molecule has 0 atom stereocenters. The molecule has 1 heterocycles. The Kier molecular flexibility index (Phi) is 5.74. The highest BCUT2D eigenvalue weighted by molar-refractivity contribution is 5.94. The second-order valence-corrected chi connectivity index (χ2v) is 5.33. The molecule has 0 radical (unpaired) electrons. The van der Waals surface area contributed by atoms with Crippen molar-refractivity contribution in [3.63, 3.8) is 0 Å². The molecule has 0 saturated carbocycles. The molecule has 0 saturated heterocycles. The summed E-state index contributed by atoms with van der Waals surface area (Å²) in [5.41, 5.74) is 1.29. The van der Waals surface area contributed by atoms with Gasteiger partial charge in [-0.25, -0.2) is 9.59 Å². The summed E-state index contributed by atoms with van der Waals surface area (Å²) >= 11 is 0. The van der Waals surface area contributed by atoms with Gasteiger partial charge in [0.2, 0.25) is 0 Å². The van der Waals surface area contributed by atoms with Crippen molar-refractivity contribution < 1.29 is 33.8 Å². The lowest BCUT2D eigenvalue weighted by atomic mass is 10.1. The molecule has 1 aromatic heterocycles. The summed E-state index contributed by atoms with van der Waals surface area (Å²) < 4.78 is 10.1. The van der Waals surface area contributed by atoms with Gasteiger partial charge in [-0.2, -0.15) is 0 Å². The van der Waals surface area contributed by atoms with E-state index in [2.05, 4.69) is 0 Å². The first-order chi connectivity index (χ1) is 12.3. The molecule has 134 valence electrons. The van der Waals surface area contributed by atoms with E-state index in [0.29, 0.717) is 11.3 Å². The van der Waals surface area contributed by atoms with Gasteiger partial charge in [0.25, 0.3) is 0 Å². The number of benzene rings is 2. The van der Waals surface area contributed by atoms with Gasteiger partial charge in [0.1, 0.15) is 11.8 Å². The fourth-order valence-corrected chi connectivity index (χ4v) is 2.17. The summed E-state index contributed by atoms with van der Waals surface area (Å²) in [7, 11) is 0. The number of hydrogen-bond acceptors (Lipinski definition) is 5. The lowest BCUT2D eigenvalue weighted by Crippen LogP contribution is -2.03. The fraction of sp³-hybridized carbons (Fsp3) is 0.105. The molecule has 0 amide bonds. The van der Waals surface area contributed by atoms with Crippen molar-refractivity contribution in [1.82, 2.24) is 0 Å². The van der Waals surface area contributed by atoms with E-state index in [0.717, 1.165) is 17.0 Å². The van der Waals surface area contributed by atoms with E-state index < -0.39 is 11.9 Å². The van der Waals surface area contributed by atoms with Crippen molar-refractivity contribution in [3.05, 3.63) is 65.4 Å². The van der Waals surface area contributed by atoms with Gasteiger partial charge in [-0.3, -0.25) is 4.79 Å². The number of fused-ring (bicyclic) bond motifs is 1. The normalized spacial score (nSPS) is 9.92. The van der Waals surface area contributed by atoms with Gasteiger partial charge in [0.15, 0.2) is 5.75 Å². The number of carbonyl (C=O) groups is 3. The van der Waals surface area contributed by atoms with Crippen molar-refractivity contribution in [1.29, 1.82) is 0 Å². The summed E-state index contributed by atoms with van der Waals surface area (Å²) in [5.74, 6) is -2.10. The molecular weight excluding hydrogens is 340 g/mol. The summed E-state index contributed by atoms with van der Waals surface area (Å²) in [5, 5.41) is 18.1. The van der Waals surface area contributed by atoms with Crippen LogP contribution in [0.5, 0.6) is 5.75 Å². The summed E-state index contributed by atoms with van der Waals surface area (Å²) in [6, 6.07) is 11.4. The van der Waals surface area contributed by atoms with Gasteiger partial charge in [-0.15, -0.1) is 0 Å². The Bertz CT molecular complexity index is 969. The van der Waals surface area contributed by atoms with Gasteiger partial charge in [-0.1, -0.05) is 18.2 Å². The number of furan rings is 1. The number of carboxylic acid groups (broad SMARTS) is 2. The maximum Gasteiger partial charge on any atom is 0.335 e. The molecule has 7 heteroatoms. The van der Waals surface area contributed by atoms with E-state index in [1.165, 1.54) is 25.3 Å². The monoisotopic (exact) mass is 356 g/mol. The second kappa shape index (κ2) is 7.98. The molecule has 0 bridgehead atoms. The van der Waals surface area contributed by atoms with Crippen LogP contribution in [0.1, 0.15) is 33.2 Å². The molecule has 2 aromatic carbocycles. The first kappa shape index (κ1) is 18.7. The largest absolute Gasteiger partial charge is 0.478 e. The van der Waals surface area contributed by atoms with Crippen LogP contribution in [-0.2, 0) is 4.79 Å². The fourth-order valence-electron chi connectivity index (χ4n) is 2.17. The van der Waals surface area contributed by atoms with Crippen LogP contribution in [0.2, 0.25) is 0 Å². The third-order valence-electron chi connectivity index (χ3n) is 3.41. The number of aryl methyl sites for hydroxylation is 1. The third-order valence-corrected chi connectivity index (χ3v) is 3.41. The standard InChI is InChI=1S/C10H8O3.C9H8O4/c1-7(11)13-10-6-12-9-5-3-2-4-8(9)10;1-5-2-3-6(8(10)11)4-7(5)9(12)13/h2-6H,1H3;2-4H,1H3,(H,10,11)(H,12,13). The average molecular weight is 356 g/mol. The first-order valence-corrected chi connectivity index (χ1v) is 7.51. The minimum absolute atomic E-state index is 0.0111. The van der Waals surface area contributed by atoms with Crippen molar-refractivity contribution >= 4 is 28.9 Å². The predicted molar refractivity (Wildman–Crippen MR) is 92.6 cm³/mol. The summed E-state index contributed by atoms with van der Waals surface area (Å²) in [4.78, 5) is 31.8. The van der Waals surface area contributed by atoms with Crippen LogP contribution in [0.4, 0.5) is 0 Å². The van der Waals surface area contributed by atoms with Gasteiger partial charge < -0.3 is 19.4 Å². The molecule has 7 nitrogen and oxygen atoms in total. The van der Waals surface area contributed by atoms with Crippen LogP contribution < -0.4 is 4.74 Å². The third kappa shape index (κ3) is 4.47. The summed E-state index contributed by atoms with van der Waals surface area (Å²) in [6.45, 7) is 2.98. The molecule has 0 unspecified atom stereocenters. The van der Waals surface area contributed by atoms with E-state index in [9.17, 15) is 14.4 Å². The van der Waals surface area contributed by atoms with Crippen molar-refractivity contribution in [2.45, 2.75) is 13.8 Å². The lowest BCUT2D eigenvalue weighted by molar-refractivity contribution is -0.131. The van der Waals surface area contributed by atoms with Gasteiger partial charge in [0, 0.05) is 6.92 Å². The minimum Gasteiger partial charge on any atom is -0.478 e. The Balaban J connectivity index is 0.000000187. The van der Waals surface area contributed by atoms with Crippen molar-refractivity contribution in [2.24, 2.45) is 0 Å². The number of carboxylic acids is 2. The topological polar surface area (TPSA) is 114 Å². The quantitative estimate of drug-likeness (QED) is 0.687. The highest BCUT2D eigenvalue weighted by atomic mass is 16.5. The van der Waals surface area contributed by atoms with E-state index in [4.69, 9.17) is 19.4 Å². The number of rotatable bonds is 3. The van der Waals surface area contributed by atoms with E-state index >= 15 is 0 Å². The smallest absolute Gasteiger partial charge is 0.335 e. The van der Waals surface area contributed by atoms with Crippen LogP contribution >= 0.6 is 0 Å². The number of ether oxygens (including phenoxy) is 1. The van der Waals surface area contributed by atoms with Crippen LogP contribution in [0.15, 0.2) is 53.1 Å². The highest BCUT2D eigenvalue weighted by Gasteiger charge is 2.10. The number of aromatic carboxylic acids is 2. The zero-order valence-electron chi connectivity index (χ0n) is 14.1. The number of para-hydroxylation sites is 1. The Morgan fingerprint density at radius 3 is 2.31 bits per heavy atom. The average Bonchev–Trinajstić information content (AvgIpc) is 2.98. The lowest BCUT2D eigenvalue weighted by Gasteiger charge is -2.01. The van der Waals surface area contributed by atoms with Crippen molar-refractivity contribution in [2.75, 3.05) is 0 Å². The van der Waals surface area contributed by atoms with Crippen LogP contribution in [-0.4, -0.2) is 28.1 Å². The summed E-state index contributed by atoms with van der Waals surface area (Å²) in [6.07, 6.45) is 1.44. The predicted octanol–water partition coefficient (Wildman–Crippen LogP) is 3.75. The SMILES string of the molecule is CC(=O)Oc1coc2ccccc12.Cc1ccc(C(=O)O)cc1C(=O)O. The number of carbonyl (C=O) groups excluding carboxylic acids is 1. The Labute approximate surface area is 148 Å². The molecule has 0 aliphatic carbocycles. The van der Waals surface area contributed by atoms with E-state index in [1.54, 1.807) is 6.92 Å². The van der Waals surface area contributed by atoms with Crippen LogP contribution in [0.25, 0.3) is 11.0 Å². The minimum atomic E-state index is -1.12. The molecule has 3 rings (SSSR count). The zero-order valence-corrected chi connectivity index (χ0v) is 14.1. The molecule has 3 aromatic rings. The zero-order chi connectivity index (χ0) is 19.3. The molecule has 0 fully saturated rings. The maximum atomic E-state index is 10.7. The highest BCUT2D eigenvalue weighted by Crippen LogP contribution is 2.27. The molecule has 2 N–H and O–H groups in total. The molecule has 0 aliphatic rings.